The molecule has 1 aromatic carbocycles. The van der Waals surface area contributed by atoms with E-state index >= 15 is 0 Å². The number of nitrogens with zero attached hydrogens (tertiary/aromatic N) is 4. The van der Waals surface area contributed by atoms with Gasteiger partial charge in [0.2, 0.25) is 0 Å². The van der Waals surface area contributed by atoms with Gasteiger partial charge in [-0.3, -0.25) is 4.68 Å². The number of nitriles is 1. The Morgan fingerprint density at radius 1 is 1.28 bits per heavy atom. The van der Waals surface area contributed by atoms with Gasteiger partial charge >= 0.3 is 6.09 Å². The van der Waals surface area contributed by atoms with E-state index in [1.165, 1.54) is 7.11 Å². The molecule has 0 aliphatic rings. The molecule has 0 saturated carbocycles. The molecule has 1 amide bonds. The molecule has 0 radical (unpaired) electrons. The Morgan fingerprint density at radius 3 is 2.64 bits per heavy atom. The fourth-order valence-electron chi connectivity index (χ4n) is 3.69. The predicted molar refractivity (Wildman–Crippen MR) is 136 cm³/mol. The second-order valence-corrected chi connectivity index (χ2v) is 9.53. The SMILES string of the molecule is COC[C@@H](Nc1nc(Nc2ccc3c(c2)c(C)nn3C)c(C#N)cc1F)[C@H](C)NC(=O)OC(C)(C)C. The number of carbonyl (C=O) groups is 1. The lowest BCUT2D eigenvalue weighted by Crippen LogP contribution is -2.48. The number of pyridine rings is 1. The molecule has 0 bridgehead atoms. The highest BCUT2D eigenvalue weighted by atomic mass is 19.1. The molecule has 10 nitrogen and oxygen atoms in total. The molecule has 192 valence electrons. The molecule has 0 aliphatic carbocycles. The third-order valence-corrected chi connectivity index (χ3v) is 5.41. The molecule has 0 spiro atoms. The number of rotatable bonds is 8. The molecular formula is C25H32FN7O3. The van der Waals surface area contributed by atoms with Gasteiger partial charge in [0, 0.05) is 25.2 Å². The summed E-state index contributed by atoms with van der Waals surface area (Å²) in [7, 11) is 3.37. The molecule has 2 aromatic heterocycles. The number of halogens is 1. The Bertz CT molecular complexity index is 1290. The van der Waals surface area contributed by atoms with Gasteiger partial charge in [-0.1, -0.05) is 0 Å². The van der Waals surface area contributed by atoms with Crippen LogP contribution in [0.5, 0.6) is 0 Å². The zero-order valence-electron chi connectivity index (χ0n) is 21.6. The minimum atomic E-state index is -0.707. The molecule has 0 unspecified atom stereocenters. The van der Waals surface area contributed by atoms with Gasteiger partial charge in [-0.05, 0) is 58.9 Å². The van der Waals surface area contributed by atoms with Gasteiger partial charge in [0.25, 0.3) is 0 Å². The summed E-state index contributed by atoms with van der Waals surface area (Å²) >= 11 is 0. The second kappa shape index (κ2) is 10.8. The summed E-state index contributed by atoms with van der Waals surface area (Å²) in [6.45, 7) is 9.10. The van der Waals surface area contributed by atoms with E-state index in [1.807, 2.05) is 38.2 Å². The van der Waals surface area contributed by atoms with E-state index in [9.17, 15) is 14.4 Å². The lowest BCUT2D eigenvalue weighted by molar-refractivity contribution is 0.0493. The second-order valence-electron chi connectivity index (χ2n) is 9.53. The van der Waals surface area contributed by atoms with E-state index in [0.29, 0.717) is 5.69 Å². The first kappa shape index (κ1) is 26.7. The van der Waals surface area contributed by atoms with E-state index in [2.05, 4.69) is 26.0 Å². The number of hydrogen-bond acceptors (Lipinski definition) is 8. The highest BCUT2D eigenvalue weighted by Gasteiger charge is 2.25. The Labute approximate surface area is 209 Å². The van der Waals surface area contributed by atoms with E-state index in [0.717, 1.165) is 22.7 Å². The zero-order chi connectivity index (χ0) is 26.6. The van der Waals surface area contributed by atoms with Crippen LogP contribution in [0.25, 0.3) is 10.9 Å². The number of nitrogens with one attached hydrogen (secondary N) is 3. The maximum atomic E-state index is 14.9. The summed E-state index contributed by atoms with van der Waals surface area (Å²) in [6.07, 6.45) is -0.602. The number of carbonyl (C=O) groups excluding carboxylic acids is 1. The van der Waals surface area contributed by atoms with Crippen molar-refractivity contribution in [3.05, 3.63) is 41.3 Å². The Morgan fingerprint density at radius 2 is 2.00 bits per heavy atom. The average molecular weight is 498 g/mol. The minimum absolute atomic E-state index is 0.0456. The first-order chi connectivity index (χ1) is 16.9. The summed E-state index contributed by atoms with van der Waals surface area (Å²) in [4.78, 5) is 16.6. The zero-order valence-corrected chi connectivity index (χ0v) is 21.6. The molecule has 2 heterocycles. The van der Waals surface area contributed by atoms with Crippen molar-refractivity contribution < 1.29 is 18.7 Å². The number of aromatic nitrogens is 3. The van der Waals surface area contributed by atoms with Crippen molar-refractivity contribution in [3.8, 4) is 6.07 Å². The number of fused-ring (bicyclic) bond motifs is 1. The number of aryl methyl sites for hydroxylation is 2. The van der Waals surface area contributed by atoms with Gasteiger partial charge in [-0.15, -0.1) is 0 Å². The van der Waals surface area contributed by atoms with Crippen molar-refractivity contribution >= 4 is 34.3 Å². The Kier molecular flexibility index (Phi) is 8.00. The topological polar surface area (TPSA) is 126 Å². The summed E-state index contributed by atoms with van der Waals surface area (Å²) in [5, 5.41) is 23.8. The third-order valence-electron chi connectivity index (χ3n) is 5.41. The quantitative estimate of drug-likeness (QED) is 0.419. The number of methoxy groups -OCH3 is 1. The number of amides is 1. The molecule has 11 heteroatoms. The first-order valence-electron chi connectivity index (χ1n) is 11.5. The van der Waals surface area contributed by atoms with Crippen LogP contribution < -0.4 is 16.0 Å². The maximum absolute atomic E-state index is 14.9. The highest BCUT2D eigenvalue weighted by molar-refractivity contribution is 5.86. The summed E-state index contributed by atoms with van der Waals surface area (Å²) < 4.78 is 27.3. The van der Waals surface area contributed by atoms with Crippen molar-refractivity contribution in [2.75, 3.05) is 24.4 Å². The highest BCUT2D eigenvalue weighted by Crippen LogP contribution is 2.27. The van der Waals surface area contributed by atoms with Crippen LogP contribution in [0, 0.1) is 24.1 Å². The fourth-order valence-corrected chi connectivity index (χ4v) is 3.69. The van der Waals surface area contributed by atoms with Crippen LogP contribution in [0.15, 0.2) is 24.3 Å². The van der Waals surface area contributed by atoms with Gasteiger partial charge in [-0.25, -0.2) is 14.2 Å². The lowest BCUT2D eigenvalue weighted by atomic mass is 10.1. The number of alkyl carbamates (subject to hydrolysis) is 1. The maximum Gasteiger partial charge on any atom is 0.407 e. The van der Waals surface area contributed by atoms with Crippen molar-refractivity contribution in [2.45, 2.75) is 52.3 Å². The van der Waals surface area contributed by atoms with Crippen molar-refractivity contribution in [1.82, 2.24) is 20.1 Å². The van der Waals surface area contributed by atoms with Crippen molar-refractivity contribution in [2.24, 2.45) is 7.05 Å². The molecule has 36 heavy (non-hydrogen) atoms. The Hall–Kier alpha value is -3.91. The van der Waals surface area contributed by atoms with Gasteiger partial charge in [0.05, 0.1) is 35.5 Å². The third kappa shape index (κ3) is 6.40. The standard InChI is InChI=1S/C25H32FN7O3/c1-14-18-11-17(8-9-21(18)33(6)32-14)29-22-16(12-27)10-19(26)23(31-22)30-20(13-35-7)15(2)28-24(34)36-25(3,4)5/h8-11,15,20H,13H2,1-7H3,(H,28,34)(H2,29,30,31)/t15-,20+/m0/s1. The van der Waals surface area contributed by atoms with E-state index in [4.69, 9.17) is 9.47 Å². The Balaban J connectivity index is 1.86. The molecule has 2 atom stereocenters. The van der Waals surface area contributed by atoms with Crippen LogP contribution in [-0.4, -0.2) is 52.3 Å². The molecule has 0 fully saturated rings. The summed E-state index contributed by atoms with van der Waals surface area (Å²) in [6, 6.07) is 7.70. The van der Waals surface area contributed by atoms with E-state index in [1.54, 1.807) is 32.4 Å². The van der Waals surface area contributed by atoms with Crippen LogP contribution in [0.2, 0.25) is 0 Å². The molecular weight excluding hydrogens is 465 g/mol. The van der Waals surface area contributed by atoms with Crippen LogP contribution >= 0.6 is 0 Å². The van der Waals surface area contributed by atoms with Crippen molar-refractivity contribution in [3.63, 3.8) is 0 Å². The van der Waals surface area contributed by atoms with Crippen LogP contribution in [0.4, 0.5) is 26.5 Å². The van der Waals surface area contributed by atoms with Crippen LogP contribution in [0.1, 0.15) is 39.0 Å². The van der Waals surface area contributed by atoms with Crippen LogP contribution in [0.3, 0.4) is 0 Å². The van der Waals surface area contributed by atoms with E-state index in [-0.39, 0.29) is 23.8 Å². The number of anilines is 3. The van der Waals surface area contributed by atoms with Gasteiger partial charge in [0.1, 0.15) is 11.7 Å². The smallest absolute Gasteiger partial charge is 0.407 e. The molecule has 3 rings (SSSR count). The van der Waals surface area contributed by atoms with Crippen LogP contribution in [-0.2, 0) is 16.5 Å². The van der Waals surface area contributed by atoms with Gasteiger partial charge in [0.15, 0.2) is 17.5 Å². The fraction of sp³-hybridized carbons (Fsp3) is 0.440. The largest absolute Gasteiger partial charge is 0.444 e. The van der Waals surface area contributed by atoms with E-state index < -0.39 is 29.6 Å². The average Bonchev–Trinajstić information content (AvgIpc) is 3.06. The number of ether oxygens (including phenoxy) is 2. The first-order valence-corrected chi connectivity index (χ1v) is 11.5. The molecule has 0 saturated heterocycles. The summed E-state index contributed by atoms with van der Waals surface area (Å²) in [5.41, 5.74) is 1.88. The lowest BCUT2D eigenvalue weighted by Gasteiger charge is -2.28. The normalized spacial score (nSPS) is 13.1. The molecule has 0 aliphatic heterocycles. The number of hydrogen-bond donors (Lipinski definition) is 3. The predicted octanol–water partition coefficient (Wildman–Crippen LogP) is 4.37. The van der Waals surface area contributed by atoms with Crippen molar-refractivity contribution in [1.29, 1.82) is 5.26 Å². The van der Waals surface area contributed by atoms with Gasteiger partial charge in [-0.2, -0.15) is 10.4 Å². The minimum Gasteiger partial charge on any atom is -0.444 e. The monoisotopic (exact) mass is 497 g/mol. The summed E-state index contributed by atoms with van der Waals surface area (Å²) in [5.74, 6) is -0.609. The number of benzene rings is 1. The van der Waals surface area contributed by atoms with Gasteiger partial charge < -0.3 is 25.4 Å². The molecule has 3 aromatic rings. The molecule has 3 N–H and O–H groups in total.